The summed E-state index contributed by atoms with van der Waals surface area (Å²) in [4.78, 5) is 37.6. The third-order valence-corrected chi connectivity index (χ3v) is 6.68. The highest BCUT2D eigenvalue weighted by Crippen LogP contribution is 2.28. The van der Waals surface area contributed by atoms with Crippen molar-refractivity contribution in [1.82, 2.24) is 25.6 Å². The lowest BCUT2D eigenvalue weighted by Gasteiger charge is -2.29. The zero-order chi connectivity index (χ0) is 24.2. The van der Waals surface area contributed by atoms with Crippen molar-refractivity contribution in [2.45, 2.75) is 44.6 Å². The van der Waals surface area contributed by atoms with Crippen LogP contribution in [-0.4, -0.2) is 39.9 Å². The maximum absolute atomic E-state index is 12.9. The van der Waals surface area contributed by atoms with E-state index >= 15 is 0 Å². The highest BCUT2D eigenvalue weighted by molar-refractivity contribution is 5.96. The minimum Gasteiger partial charge on any atom is -0.451 e. The Balaban J connectivity index is 1.31. The molecule has 0 radical (unpaired) electrons. The highest BCUT2D eigenvalue weighted by atomic mass is 16.4. The zero-order valence-electron chi connectivity index (χ0n) is 19.7. The van der Waals surface area contributed by atoms with Gasteiger partial charge in [0.25, 0.3) is 5.91 Å². The number of carbonyl (C=O) groups is 2. The summed E-state index contributed by atoms with van der Waals surface area (Å²) in [7, 11) is 1.60. The average Bonchev–Trinajstić information content (AvgIpc) is 3.54. The molecule has 0 spiro atoms. The van der Waals surface area contributed by atoms with Gasteiger partial charge in [-0.1, -0.05) is 25.3 Å². The number of imidazole rings is 1. The Bertz CT molecular complexity index is 1320. The molecule has 0 aliphatic heterocycles. The smallest absolute Gasteiger partial charge is 0.287 e. The van der Waals surface area contributed by atoms with Crippen molar-refractivity contribution in [3.63, 3.8) is 0 Å². The quantitative estimate of drug-likeness (QED) is 0.373. The van der Waals surface area contributed by atoms with Crippen LogP contribution in [0.4, 0.5) is 0 Å². The van der Waals surface area contributed by atoms with E-state index in [1.165, 1.54) is 6.42 Å². The minimum absolute atomic E-state index is 0.144. The van der Waals surface area contributed by atoms with Gasteiger partial charge in [-0.25, -0.2) is 4.98 Å². The van der Waals surface area contributed by atoms with E-state index in [4.69, 9.17) is 4.42 Å². The predicted molar refractivity (Wildman–Crippen MR) is 133 cm³/mol. The van der Waals surface area contributed by atoms with Gasteiger partial charge in [-0.3, -0.25) is 14.6 Å². The van der Waals surface area contributed by atoms with Gasteiger partial charge in [0.05, 0.1) is 11.0 Å². The lowest BCUT2D eigenvalue weighted by molar-refractivity contribution is -0.124. The lowest BCUT2D eigenvalue weighted by Crippen LogP contribution is -2.50. The first-order valence-corrected chi connectivity index (χ1v) is 12.1. The van der Waals surface area contributed by atoms with Gasteiger partial charge in [-0.2, -0.15) is 0 Å². The molecule has 2 amide bonds. The normalized spacial score (nSPS) is 15.1. The number of amides is 2. The molecule has 1 atom stereocenters. The molecular weight excluding hydrogens is 442 g/mol. The van der Waals surface area contributed by atoms with Crippen molar-refractivity contribution in [3.05, 3.63) is 72.0 Å². The van der Waals surface area contributed by atoms with Gasteiger partial charge in [0, 0.05) is 31.4 Å². The number of hydrogen-bond donors (Lipinski definition) is 3. The first kappa shape index (κ1) is 22.8. The third-order valence-electron chi connectivity index (χ3n) is 6.68. The Labute approximate surface area is 203 Å². The van der Waals surface area contributed by atoms with E-state index in [-0.39, 0.29) is 23.5 Å². The van der Waals surface area contributed by atoms with Gasteiger partial charge in [-0.05, 0) is 60.7 Å². The van der Waals surface area contributed by atoms with E-state index in [2.05, 4.69) is 25.6 Å². The van der Waals surface area contributed by atoms with Crippen LogP contribution in [0.15, 0.2) is 59.3 Å². The van der Waals surface area contributed by atoms with Gasteiger partial charge in [0.15, 0.2) is 5.76 Å². The molecule has 1 saturated carbocycles. The monoisotopic (exact) mass is 471 g/mol. The Morgan fingerprint density at radius 2 is 2.00 bits per heavy atom. The number of aromatic amines is 1. The van der Waals surface area contributed by atoms with Crippen molar-refractivity contribution in [2.75, 3.05) is 7.05 Å². The highest BCUT2D eigenvalue weighted by Gasteiger charge is 2.31. The molecule has 1 aliphatic carbocycles. The second-order valence-electron chi connectivity index (χ2n) is 9.08. The van der Waals surface area contributed by atoms with Gasteiger partial charge in [0.1, 0.15) is 17.6 Å². The number of aromatic nitrogens is 3. The average molecular weight is 472 g/mol. The van der Waals surface area contributed by atoms with Crippen LogP contribution < -0.4 is 10.6 Å². The van der Waals surface area contributed by atoms with Gasteiger partial charge in [0.2, 0.25) is 5.91 Å². The van der Waals surface area contributed by atoms with Crippen LogP contribution in [0.5, 0.6) is 0 Å². The Morgan fingerprint density at radius 1 is 1.14 bits per heavy atom. The molecular formula is C27H29N5O3. The molecule has 1 fully saturated rings. The van der Waals surface area contributed by atoms with Crippen molar-refractivity contribution in [2.24, 2.45) is 5.92 Å². The SMILES string of the molecule is CNC(=O)C(NC(=O)c1ccc(-c2ccc3nc(Cc4cccnc4)[nH]c3c2)o1)C1CCCCC1. The Hall–Kier alpha value is -3.94. The summed E-state index contributed by atoms with van der Waals surface area (Å²) in [5.41, 5.74) is 3.67. The second-order valence-corrected chi connectivity index (χ2v) is 9.08. The Kier molecular flexibility index (Phi) is 6.61. The summed E-state index contributed by atoms with van der Waals surface area (Å²) in [6.45, 7) is 0. The van der Waals surface area contributed by atoms with Gasteiger partial charge in [-0.15, -0.1) is 0 Å². The first-order chi connectivity index (χ1) is 17.1. The number of fused-ring (bicyclic) bond motifs is 1. The molecule has 180 valence electrons. The van der Waals surface area contributed by atoms with Crippen LogP contribution in [-0.2, 0) is 11.2 Å². The summed E-state index contributed by atoms with van der Waals surface area (Å²) >= 11 is 0. The van der Waals surface area contributed by atoms with E-state index in [1.807, 2.05) is 36.5 Å². The molecule has 0 bridgehead atoms. The third kappa shape index (κ3) is 5.11. The van der Waals surface area contributed by atoms with Gasteiger partial charge >= 0.3 is 0 Å². The van der Waals surface area contributed by atoms with Crippen molar-refractivity contribution in [1.29, 1.82) is 0 Å². The number of furan rings is 1. The number of H-pyrrole nitrogens is 1. The topological polar surface area (TPSA) is 113 Å². The largest absolute Gasteiger partial charge is 0.451 e. The van der Waals surface area contributed by atoms with Crippen molar-refractivity contribution in [3.8, 4) is 11.3 Å². The number of nitrogens with zero attached hydrogens (tertiary/aromatic N) is 2. The molecule has 1 aromatic carbocycles. The molecule has 1 aliphatic rings. The van der Waals surface area contributed by atoms with E-state index < -0.39 is 6.04 Å². The predicted octanol–water partition coefficient (Wildman–Crippen LogP) is 4.23. The number of benzene rings is 1. The molecule has 0 saturated heterocycles. The molecule has 8 heteroatoms. The summed E-state index contributed by atoms with van der Waals surface area (Å²) in [6, 6.07) is 12.6. The number of carbonyl (C=O) groups excluding carboxylic acids is 2. The maximum Gasteiger partial charge on any atom is 0.287 e. The fourth-order valence-corrected chi connectivity index (χ4v) is 4.84. The van der Waals surface area contributed by atoms with Gasteiger partial charge < -0.3 is 20.0 Å². The van der Waals surface area contributed by atoms with E-state index in [1.54, 1.807) is 25.4 Å². The summed E-state index contributed by atoms with van der Waals surface area (Å²) in [6.07, 6.45) is 9.47. The summed E-state index contributed by atoms with van der Waals surface area (Å²) < 4.78 is 5.90. The van der Waals surface area contributed by atoms with E-state index in [0.29, 0.717) is 12.2 Å². The molecule has 3 aromatic heterocycles. The van der Waals surface area contributed by atoms with Crippen LogP contribution >= 0.6 is 0 Å². The van der Waals surface area contributed by atoms with Crippen LogP contribution in [0.3, 0.4) is 0 Å². The maximum atomic E-state index is 12.9. The summed E-state index contributed by atoms with van der Waals surface area (Å²) in [5.74, 6) is 1.22. The Morgan fingerprint density at radius 3 is 2.77 bits per heavy atom. The molecule has 8 nitrogen and oxygen atoms in total. The molecule has 3 heterocycles. The zero-order valence-corrected chi connectivity index (χ0v) is 19.7. The number of pyridine rings is 1. The second kappa shape index (κ2) is 10.1. The molecule has 4 aromatic rings. The number of rotatable bonds is 7. The minimum atomic E-state index is -0.555. The van der Waals surface area contributed by atoms with Crippen LogP contribution in [0.25, 0.3) is 22.4 Å². The fraction of sp³-hybridized carbons (Fsp3) is 0.333. The lowest BCUT2D eigenvalue weighted by atomic mass is 9.83. The van der Waals surface area contributed by atoms with Crippen LogP contribution in [0.1, 0.15) is 54.0 Å². The van der Waals surface area contributed by atoms with Crippen molar-refractivity contribution >= 4 is 22.8 Å². The molecule has 35 heavy (non-hydrogen) atoms. The standard InChI is InChI=1S/C27H29N5O3/c1-28-27(34)25(18-7-3-2-4-8-18)32-26(33)23-12-11-22(35-23)19-9-10-20-21(15-19)31-24(30-20)14-17-6-5-13-29-16-17/h5-6,9-13,15-16,18,25H,2-4,7-8,14H2,1H3,(H,28,34)(H,30,31)(H,32,33). The van der Waals surface area contributed by atoms with E-state index in [0.717, 1.165) is 53.7 Å². The molecule has 1 unspecified atom stereocenters. The first-order valence-electron chi connectivity index (χ1n) is 12.1. The number of hydrogen-bond acceptors (Lipinski definition) is 5. The number of likely N-dealkylation sites (N-methyl/N-ethyl adjacent to an activating group) is 1. The van der Waals surface area contributed by atoms with Crippen LogP contribution in [0, 0.1) is 5.92 Å². The van der Waals surface area contributed by atoms with Crippen LogP contribution in [0.2, 0.25) is 0 Å². The molecule has 3 N–H and O–H groups in total. The number of nitrogens with one attached hydrogen (secondary N) is 3. The van der Waals surface area contributed by atoms with E-state index in [9.17, 15) is 9.59 Å². The summed E-state index contributed by atoms with van der Waals surface area (Å²) in [5, 5.41) is 5.60. The van der Waals surface area contributed by atoms with Crippen molar-refractivity contribution < 1.29 is 14.0 Å². The fourth-order valence-electron chi connectivity index (χ4n) is 4.84. The molecule has 5 rings (SSSR count).